The molecule has 5 heteroatoms. The van der Waals surface area contributed by atoms with E-state index < -0.39 is 0 Å². The molecule has 0 aliphatic carbocycles. The predicted octanol–water partition coefficient (Wildman–Crippen LogP) is 0.435. The molecule has 1 aromatic rings. The maximum absolute atomic E-state index is 5.68. The summed E-state index contributed by atoms with van der Waals surface area (Å²) in [5.74, 6) is 0. The van der Waals surface area contributed by atoms with Crippen molar-refractivity contribution in [2.24, 2.45) is 0 Å². The Kier molecular flexibility index (Phi) is 3.91. The zero-order chi connectivity index (χ0) is 10.6. The van der Waals surface area contributed by atoms with Crippen molar-refractivity contribution in [1.82, 2.24) is 9.78 Å². The van der Waals surface area contributed by atoms with Crippen molar-refractivity contribution in [3.8, 4) is 0 Å². The third-order valence-electron chi connectivity index (χ3n) is 2.06. The molecule has 2 N–H and O–H groups in total. The number of anilines is 1. The van der Waals surface area contributed by atoms with E-state index in [9.17, 15) is 0 Å². The van der Waals surface area contributed by atoms with Crippen molar-refractivity contribution in [2.75, 3.05) is 26.6 Å². The lowest BCUT2D eigenvalue weighted by Gasteiger charge is -2.13. The fraction of sp³-hybridized carbons (Fsp3) is 0.667. The van der Waals surface area contributed by atoms with Crippen LogP contribution in [0, 0.1) is 6.92 Å². The van der Waals surface area contributed by atoms with E-state index in [1.165, 1.54) is 0 Å². The smallest absolute Gasteiger partial charge is 0.0999 e. The van der Waals surface area contributed by atoms with Crippen molar-refractivity contribution in [1.29, 1.82) is 0 Å². The van der Waals surface area contributed by atoms with E-state index in [0.29, 0.717) is 18.8 Å². The van der Waals surface area contributed by atoms with E-state index >= 15 is 0 Å². The van der Waals surface area contributed by atoms with Gasteiger partial charge in [-0.15, -0.1) is 0 Å². The Morgan fingerprint density at radius 3 is 2.71 bits per heavy atom. The summed E-state index contributed by atoms with van der Waals surface area (Å²) in [5.41, 5.74) is 7.23. The van der Waals surface area contributed by atoms with Gasteiger partial charge in [0, 0.05) is 20.4 Å². The first-order valence-electron chi connectivity index (χ1n) is 4.48. The highest BCUT2D eigenvalue weighted by Gasteiger charge is 2.09. The molecule has 1 atom stereocenters. The van der Waals surface area contributed by atoms with Crippen LogP contribution < -0.4 is 5.73 Å². The molecule has 0 aliphatic heterocycles. The highest BCUT2D eigenvalue weighted by atomic mass is 16.5. The first-order chi connectivity index (χ1) is 6.67. The molecular weight excluding hydrogens is 182 g/mol. The normalized spacial score (nSPS) is 13.1. The molecule has 1 heterocycles. The molecule has 1 unspecified atom stereocenters. The lowest BCUT2D eigenvalue weighted by molar-refractivity contribution is 0.0163. The summed E-state index contributed by atoms with van der Waals surface area (Å²) in [6.45, 7) is 3.08. The van der Waals surface area contributed by atoms with Crippen LogP contribution in [0.5, 0.6) is 0 Å². The fourth-order valence-electron chi connectivity index (χ4n) is 1.22. The molecule has 0 radical (unpaired) electrons. The number of aryl methyl sites for hydroxylation is 1. The van der Waals surface area contributed by atoms with Gasteiger partial charge in [-0.05, 0) is 6.92 Å². The highest BCUT2D eigenvalue weighted by Crippen LogP contribution is 2.07. The molecule has 0 spiro atoms. The van der Waals surface area contributed by atoms with Crippen LogP contribution >= 0.6 is 0 Å². The van der Waals surface area contributed by atoms with Crippen LogP contribution in [0.3, 0.4) is 0 Å². The second-order valence-corrected chi connectivity index (χ2v) is 3.20. The molecule has 0 saturated heterocycles. The number of rotatable bonds is 5. The molecule has 14 heavy (non-hydrogen) atoms. The lowest BCUT2D eigenvalue weighted by Crippen LogP contribution is -2.24. The Bertz CT molecular complexity index is 266. The maximum Gasteiger partial charge on any atom is 0.0999 e. The maximum atomic E-state index is 5.68. The van der Waals surface area contributed by atoms with E-state index in [0.717, 1.165) is 5.69 Å². The van der Waals surface area contributed by atoms with Gasteiger partial charge in [0.2, 0.25) is 0 Å². The van der Waals surface area contributed by atoms with Crippen LogP contribution in [0.1, 0.15) is 5.69 Å². The Labute approximate surface area is 83.8 Å². The summed E-state index contributed by atoms with van der Waals surface area (Å²) in [7, 11) is 3.30. The van der Waals surface area contributed by atoms with Gasteiger partial charge in [0.15, 0.2) is 0 Å². The number of nitrogen functional groups attached to an aromatic ring is 1. The summed E-state index contributed by atoms with van der Waals surface area (Å²) in [6, 6.07) is 0. The molecule has 0 bridgehead atoms. The summed E-state index contributed by atoms with van der Waals surface area (Å²) in [5, 5.41) is 4.24. The van der Waals surface area contributed by atoms with Crippen molar-refractivity contribution in [3.63, 3.8) is 0 Å². The van der Waals surface area contributed by atoms with E-state index in [4.69, 9.17) is 15.2 Å². The topological polar surface area (TPSA) is 62.3 Å². The SMILES string of the molecule is COCC(Cn1cc(N)c(C)n1)OC. The zero-order valence-corrected chi connectivity index (χ0v) is 8.86. The molecule has 0 aliphatic rings. The van der Waals surface area contributed by atoms with Crippen LogP contribution in [0.25, 0.3) is 0 Å². The van der Waals surface area contributed by atoms with Crippen LogP contribution in [-0.4, -0.2) is 36.7 Å². The summed E-state index contributed by atoms with van der Waals surface area (Å²) >= 11 is 0. The van der Waals surface area contributed by atoms with E-state index in [-0.39, 0.29) is 6.10 Å². The van der Waals surface area contributed by atoms with E-state index in [2.05, 4.69) is 5.10 Å². The van der Waals surface area contributed by atoms with Crippen LogP contribution in [0.15, 0.2) is 6.20 Å². The number of hydrogen-bond acceptors (Lipinski definition) is 4. The van der Waals surface area contributed by atoms with Crippen LogP contribution in [-0.2, 0) is 16.0 Å². The van der Waals surface area contributed by atoms with Gasteiger partial charge in [-0.3, -0.25) is 4.68 Å². The van der Waals surface area contributed by atoms with Crippen LogP contribution in [0.4, 0.5) is 5.69 Å². The minimum Gasteiger partial charge on any atom is -0.396 e. The number of methoxy groups -OCH3 is 2. The van der Waals surface area contributed by atoms with Crippen molar-refractivity contribution in [2.45, 2.75) is 19.6 Å². The minimum absolute atomic E-state index is 0.0127. The number of aromatic nitrogens is 2. The zero-order valence-electron chi connectivity index (χ0n) is 8.86. The standard InChI is InChI=1S/C9H17N3O2/c1-7-9(10)5-12(11-7)4-8(14-3)6-13-2/h5,8H,4,6,10H2,1-3H3. The molecule has 0 aromatic carbocycles. The molecule has 80 valence electrons. The van der Waals surface area contributed by atoms with Gasteiger partial charge in [0.1, 0.15) is 0 Å². The average molecular weight is 199 g/mol. The predicted molar refractivity (Wildman–Crippen MR) is 54.0 cm³/mol. The van der Waals surface area contributed by atoms with Crippen LogP contribution in [0.2, 0.25) is 0 Å². The van der Waals surface area contributed by atoms with Crippen molar-refractivity contribution < 1.29 is 9.47 Å². The van der Waals surface area contributed by atoms with Crippen molar-refractivity contribution in [3.05, 3.63) is 11.9 Å². The Morgan fingerprint density at radius 2 is 2.29 bits per heavy atom. The third kappa shape index (κ3) is 2.71. The molecule has 5 nitrogen and oxygen atoms in total. The van der Waals surface area contributed by atoms with Gasteiger partial charge < -0.3 is 15.2 Å². The average Bonchev–Trinajstić information content (AvgIpc) is 2.45. The molecule has 0 saturated carbocycles. The number of nitrogens with zero attached hydrogens (tertiary/aromatic N) is 2. The first-order valence-corrected chi connectivity index (χ1v) is 4.48. The van der Waals surface area contributed by atoms with Crippen molar-refractivity contribution >= 4 is 5.69 Å². The van der Waals surface area contributed by atoms with Gasteiger partial charge in [0.05, 0.1) is 30.6 Å². The Morgan fingerprint density at radius 1 is 1.57 bits per heavy atom. The summed E-state index contributed by atoms with van der Waals surface area (Å²) in [4.78, 5) is 0. The number of hydrogen-bond donors (Lipinski definition) is 1. The number of ether oxygens (including phenoxy) is 2. The lowest BCUT2D eigenvalue weighted by atomic mass is 10.4. The summed E-state index contributed by atoms with van der Waals surface area (Å²) in [6.07, 6.45) is 1.82. The third-order valence-corrected chi connectivity index (χ3v) is 2.06. The van der Waals surface area contributed by atoms with E-state index in [1.54, 1.807) is 25.1 Å². The Hall–Kier alpha value is -1.07. The highest BCUT2D eigenvalue weighted by molar-refractivity contribution is 5.39. The molecule has 1 aromatic heterocycles. The monoisotopic (exact) mass is 199 g/mol. The van der Waals surface area contributed by atoms with Gasteiger partial charge in [-0.2, -0.15) is 5.10 Å². The minimum atomic E-state index is 0.0127. The van der Waals surface area contributed by atoms with Gasteiger partial charge in [0.25, 0.3) is 0 Å². The molecule has 0 fully saturated rings. The molecule has 0 amide bonds. The quantitative estimate of drug-likeness (QED) is 0.747. The largest absolute Gasteiger partial charge is 0.396 e. The summed E-state index contributed by atoms with van der Waals surface area (Å²) < 4.78 is 12.0. The molecule has 1 rings (SSSR count). The number of nitrogens with two attached hydrogens (primary N) is 1. The van der Waals surface area contributed by atoms with Gasteiger partial charge in [-0.25, -0.2) is 0 Å². The second-order valence-electron chi connectivity index (χ2n) is 3.20. The second kappa shape index (κ2) is 4.97. The van der Waals surface area contributed by atoms with E-state index in [1.807, 2.05) is 6.92 Å². The molecular formula is C9H17N3O2. The van der Waals surface area contributed by atoms with Gasteiger partial charge >= 0.3 is 0 Å². The first kappa shape index (κ1) is 11.0. The van der Waals surface area contributed by atoms with Gasteiger partial charge in [-0.1, -0.05) is 0 Å². The fourth-order valence-corrected chi connectivity index (χ4v) is 1.22. The Balaban J connectivity index is 2.57.